The molecule has 0 bridgehead atoms. The van der Waals surface area contributed by atoms with Crippen LogP contribution in [-0.2, 0) is 4.79 Å². The second-order valence-corrected chi connectivity index (χ2v) is 4.14. The van der Waals surface area contributed by atoms with E-state index in [0.29, 0.717) is 10.9 Å². The number of carboxylic acid groups (broad SMARTS) is 1. The summed E-state index contributed by atoms with van der Waals surface area (Å²) in [6, 6.07) is 6.34. The maximum atomic E-state index is 12.0. The molecule has 0 aliphatic rings. The van der Waals surface area contributed by atoms with Crippen molar-refractivity contribution in [3.8, 4) is 0 Å². The number of aliphatic hydroxyl groups excluding tert-OH is 1. The van der Waals surface area contributed by atoms with Crippen molar-refractivity contribution < 1.29 is 19.8 Å². The van der Waals surface area contributed by atoms with Crippen LogP contribution in [0, 0.1) is 0 Å². The molecule has 1 aromatic heterocycles. The summed E-state index contributed by atoms with van der Waals surface area (Å²) in [5.74, 6) is -2.08. The number of para-hydroxylation sites is 1. The topological polar surface area (TPSA) is 119 Å². The number of carboxylic acids is 1. The van der Waals surface area contributed by atoms with Gasteiger partial charge in [-0.2, -0.15) is 0 Å². The molecular formula is C13H12N2O5. The van der Waals surface area contributed by atoms with Gasteiger partial charge in [-0.15, -0.1) is 0 Å². The van der Waals surface area contributed by atoms with Gasteiger partial charge in [-0.25, -0.2) is 4.79 Å². The Balaban J connectivity index is 2.44. The molecule has 0 spiro atoms. The average Bonchev–Trinajstić information content (AvgIpc) is 2.43. The predicted octanol–water partition coefficient (Wildman–Crippen LogP) is -0.297. The zero-order valence-electron chi connectivity index (χ0n) is 10.3. The number of rotatable bonds is 4. The van der Waals surface area contributed by atoms with Crippen molar-refractivity contribution in [2.75, 3.05) is 6.61 Å². The molecule has 1 atom stereocenters. The van der Waals surface area contributed by atoms with Crippen molar-refractivity contribution in [2.45, 2.75) is 6.04 Å². The van der Waals surface area contributed by atoms with Crippen molar-refractivity contribution in [1.82, 2.24) is 10.3 Å². The van der Waals surface area contributed by atoms with Gasteiger partial charge >= 0.3 is 5.97 Å². The molecule has 0 aliphatic carbocycles. The molecular weight excluding hydrogens is 264 g/mol. The molecule has 0 radical (unpaired) electrons. The lowest BCUT2D eigenvalue weighted by molar-refractivity contribution is -0.140. The molecule has 7 heteroatoms. The number of amides is 1. The highest BCUT2D eigenvalue weighted by atomic mass is 16.4. The van der Waals surface area contributed by atoms with E-state index in [-0.39, 0.29) is 5.56 Å². The number of pyridine rings is 1. The smallest absolute Gasteiger partial charge is 0.328 e. The van der Waals surface area contributed by atoms with E-state index in [2.05, 4.69) is 10.3 Å². The van der Waals surface area contributed by atoms with Gasteiger partial charge in [0.2, 0.25) is 5.56 Å². The summed E-state index contributed by atoms with van der Waals surface area (Å²) in [7, 11) is 0. The third-order valence-electron chi connectivity index (χ3n) is 2.78. The average molecular weight is 276 g/mol. The monoisotopic (exact) mass is 276 g/mol. The minimum atomic E-state index is -1.42. The van der Waals surface area contributed by atoms with Crippen molar-refractivity contribution >= 4 is 22.8 Å². The first-order chi connectivity index (χ1) is 9.52. The van der Waals surface area contributed by atoms with Gasteiger partial charge in [-0.05, 0) is 6.07 Å². The minimum Gasteiger partial charge on any atom is -0.480 e. The van der Waals surface area contributed by atoms with Crippen molar-refractivity contribution in [3.05, 3.63) is 46.2 Å². The number of H-pyrrole nitrogens is 1. The normalized spacial score (nSPS) is 12.1. The van der Waals surface area contributed by atoms with E-state index in [1.54, 1.807) is 24.3 Å². The fourth-order valence-electron chi connectivity index (χ4n) is 1.81. The number of hydrogen-bond acceptors (Lipinski definition) is 4. The van der Waals surface area contributed by atoms with Crippen molar-refractivity contribution in [3.63, 3.8) is 0 Å². The number of benzene rings is 1. The van der Waals surface area contributed by atoms with Crippen LogP contribution in [0.2, 0.25) is 0 Å². The summed E-state index contributed by atoms with van der Waals surface area (Å²) in [6.45, 7) is -0.734. The molecule has 1 heterocycles. The summed E-state index contributed by atoms with van der Waals surface area (Å²) < 4.78 is 0. The molecule has 7 nitrogen and oxygen atoms in total. The highest BCUT2D eigenvalue weighted by Crippen LogP contribution is 2.14. The van der Waals surface area contributed by atoms with Crippen LogP contribution in [0.4, 0.5) is 0 Å². The molecule has 0 saturated carbocycles. The lowest BCUT2D eigenvalue weighted by atomic mass is 10.1. The molecule has 0 fully saturated rings. The third kappa shape index (κ3) is 2.67. The molecule has 104 valence electrons. The predicted molar refractivity (Wildman–Crippen MR) is 70.5 cm³/mol. The summed E-state index contributed by atoms with van der Waals surface area (Å²) in [5, 5.41) is 20.3. The number of aromatic amines is 1. The first kappa shape index (κ1) is 13.8. The molecule has 4 N–H and O–H groups in total. The molecule has 0 aliphatic heterocycles. The van der Waals surface area contributed by atoms with Gasteiger partial charge < -0.3 is 20.5 Å². The van der Waals surface area contributed by atoms with Gasteiger partial charge in [0, 0.05) is 17.0 Å². The van der Waals surface area contributed by atoms with Crippen LogP contribution >= 0.6 is 0 Å². The van der Waals surface area contributed by atoms with Crippen LogP contribution in [0.25, 0.3) is 10.9 Å². The van der Waals surface area contributed by atoms with E-state index < -0.39 is 30.1 Å². The summed E-state index contributed by atoms with van der Waals surface area (Å²) in [4.78, 5) is 36.9. The fraction of sp³-hybridized carbons (Fsp3) is 0.154. The number of aliphatic carboxylic acids is 1. The summed E-state index contributed by atoms with van der Waals surface area (Å²) >= 11 is 0. The van der Waals surface area contributed by atoms with Gasteiger partial charge in [-0.3, -0.25) is 9.59 Å². The van der Waals surface area contributed by atoms with Crippen LogP contribution in [-0.4, -0.2) is 39.7 Å². The number of fused-ring (bicyclic) bond motifs is 1. The Bertz CT molecular complexity index is 722. The second-order valence-electron chi connectivity index (χ2n) is 4.14. The highest BCUT2D eigenvalue weighted by molar-refractivity contribution is 6.06. The van der Waals surface area contributed by atoms with Crippen molar-refractivity contribution in [2.24, 2.45) is 0 Å². The number of carbonyl (C=O) groups excluding carboxylic acids is 1. The Kier molecular flexibility index (Phi) is 3.81. The number of nitrogens with one attached hydrogen (secondary N) is 2. The lowest BCUT2D eigenvalue weighted by Gasteiger charge is -2.12. The fourth-order valence-corrected chi connectivity index (χ4v) is 1.81. The maximum Gasteiger partial charge on any atom is 0.328 e. The number of carbonyl (C=O) groups is 2. The van der Waals surface area contributed by atoms with E-state index in [4.69, 9.17) is 10.2 Å². The maximum absolute atomic E-state index is 12.0. The first-order valence-electron chi connectivity index (χ1n) is 5.79. The standard InChI is InChI=1S/C13H12N2O5/c16-6-10(13(19)20)15-12(18)8-5-11(17)14-9-4-2-1-3-7(8)9/h1-5,10,16H,6H2,(H,14,17)(H,15,18)(H,19,20)/t10-/m1/s1. The van der Waals surface area contributed by atoms with Crippen molar-refractivity contribution in [1.29, 1.82) is 0 Å². The largest absolute Gasteiger partial charge is 0.480 e. The van der Waals surface area contributed by atoms with Crippen LogP contribution in [0.15, 0.2) is 35.1 Å². The van der Waals surface area contributed by atoms with E-state index in [9.17, 15) is 14.4 Å². The molecule has 20 heavy (non-hydrogen) atoms. The number of hydrogen-bond donors (Lipinski definition) is 4. The van der Waals surface area contributed by atoms with Crippen LogP contribution in [0.3, 0.4) is 0 Å². The second kappa shape index (κ2) is 5.54. The summed E-state index contributed by atoms with van der Waals surface area (Å²) in [5.41, 5.74) is 0.0646. The Morgan fingerprint density at radius 2 is 2.00 bits per heavy atom. The SMILES string of the molecule is O=C(N[C@H](CO)C(=O)O)c1cc(=O)[nH]c2ccccc12. The Morgan fingerprint density at radius 3 is 2.65 bits per heavy atom. The van der Waals surface area contributed by atoms with Gasteiger partial charge in [0.25, 0.3) is 5.91 Å². The Labute approximate surface area is 112 Å². The third-order valence-corrected chi connectivity index (χ3v) is 2.78. The van der Waals surface area contributed by atoms with Crippen LogP contribution in [0.1, 0.15) is 10.4 Å². The van der Waals surface area contributed by atoms with Gasteiger partial charge in [0.05, 0.1) is 12.2 Å². The lowest BCUT2D eigenvalue weighted by Crippen LogP contribution is -2.43. The van der Waals surface area contributed by atoms with Gasteiger partial charge in [-0.1, -0.05) is 18.2 Å². The van der Waals surface area contributed by atoms with E-state index in [1.807, 2.05) is 0 Å². The zero-order chi connectivity index (χ0) is 14.7. The van der Waals surface area contributed by atoms with Crippen LogP contribution in [0.5, 0.6) is 0 Å². The molecule has 2 rings (SSSR count). The minimum absolute atomic E-state index is 0.0593. The van der Waals surface area contributed by atoms with E-state index in [1.165, 1.54) is 0 Å². The molecule has 1 aromatic carbocycles. The molecule has 1 amide bonds. The Hall–Kier alpha value is -2.67. The Morgan fingerprint density at radius 1 is 1.30 bits per heavy atom. The van der Waals surface area contributed by atoms with Gasteiger partial charge in [0.15, 0.2) is 6.04 Å². The molecule has 0 saturated heterocycles. The van der Waals surface area contributed by atoms with E-state index in [0.717, 1.165) is 6.07 Å². The quantitative estimate of drug-likeness (QED) is 0.611. The molecule has 2 aromatic rings. The van der Waals surface area contributed by atoms with E-state index >= 15 is 0 Å². The highest BCUT2D eigenvalue weighted by Gasteiger charge is 2.21. The molecule has 0 unspecified atom stereocenters. The zero-order valence-corrected chi connectivity index (χ0v) is 10.3. The number of aromatic nitrogens is 1. The number of aliphatic hydroxyl groups is 1. The van der Waals surface area contributed by atoms with Crippen LogP contribution < -0.4 is 10.9 Å². The first-order valence-corrected chi connectivity index (χ1v) is 5.79. The van der Waals surface area contributed by atoms with Gasteiger partial charge in [0.1, 0.15) is 0 Å². The summed E-state index contributed by atoms with van der Waals surface area (Å²) in [6.07, 6.45) is 0.